The molecule has 3 nitrogen and oxygen atoms in total. The smallest absolute Gasteiger partial charge is 0.268 e. The summed E-state index contributed by atoms with van der Waals surface area (Å²) < 4.78 is 5.62. The first kappa shape index (κ1) is 14.2. The van der Waals surface area contributed by atoms with Gasteiger partial charge in [0, 0.05) is 0 Å². The lowest BCUT2D eigenvalue weighted by Crippen LogP contribution is -2.43. The Bertz CT molecular complexity index is 702. The van der Waals surface area contributed by atoms with Crippen LogP contribution in [0.5, 0.6) is 5.75 Å². The fourth-order valence-electron chi connectivity index (χ4n) is 2.34. The number of carbonyl (C=O) groups is 1. The normalized spacial score (nSPS) is 17.4. The summed E-state index contributed by atoms with van der Waals surface area (Å²) in [6.07, 6.45) is -0.498. The third-order valence-corrected chi connectivity index (χ3v) is 4.14. The van der Waals surface area contributed by atoms with Gasteiger partial charge in [0.25, 0.3) is 5.91 Å². The number of carbonyl (C=O) groups excluding carboxylic acids is 1. The second-order valence-electron chi connectivity index (χ2n) is 4.90. The van der Waals surface area contributed by atoms with E-state index in [4.69, 9.17) is 27.9 Å². The Balaban J connectivity index is 1.96. The monoisotopic (exact) mass is 321 g/mol. The highest BCUT2D eigenvalue weighted by Gasteiger charge is 2.31. The average Bonchev–Trinajstić information content (AvgIpc) is 2.47. The summed E-state index contributed by atoms with van der Waals surface area (Å²) in [4.78, 5) is 14.1. The predicted octanol–water partition coefficient (Wildman–Crippen LogP) is 4.31. The van der Waals surface area contributed by atoms with Crippen LogP contribution in [-0.2, 0) is 11.3 Å². The minimum absolute atomic E-state index is 0.0697. The molecular weight excluding hydrogens is 309 g/mol. The largest absolute Gasteiger partial charge is 0.479 e. The van der Waals surface area contributed by atoms with Crippen LogP contribution in [0.3, 0.4) is 0 Å². The summed E-state index contributed by atoms with van der Waals surface area (Å²) in [6.45, 7) is 2.18. The summed E-state index contributed by atoms with van der Waals surface area (Å²) in [6, 6.07) is 12.9. The van der Waals surface area contributed by atoms with Crippen molar-refractivity contribution < 1.29 is 9.53 Å². The van der Waals surface area contributed by atoms with Crippen molar-refractivity contribution in [3.63, 3.8) is 0 Å². The van der Waals surface area contributed by atoms with Crippen LogP contribution in [0.1, 0.15) is 12.5 Å². The van der Waals surface area contributed by atoms with Gasteiger partial charge in [0.2, 0.25) is 0 Å². The van der Waals surface area contributed by atoms with Crippen LogP contribution in [0.15, 0.2) is 42.5 Å². The van der Waals surface area contributed by atoms with Crippen molar-refractivity contribution in [2.75, 3.05) is 4.90 Å². The maximum atomic E-state index is 12.4. The van der Waals surface area contributed by atoms with Crippen LogP contribution in [0, 0.1) is 0 Å². The number of benzene rings is 2. The lowest BCUT2D eigenvalue weighted by atomic mass is 10.1. The van der Waals surface area contributed by atoms with Crippen molar-refractivity contribution in [3.8, 4) is 5.75 Å². The van der Waals surface area contributed by atoms with Crippen molar-refractivity contribution in [2.24, 2.45) is 0 Å². The van der Waals surface area contributed by atoms with E-state index in [1.165, 1.54) is 0 Å². The zero-order valence-corrected chi connectivity index (χ0v) is 12.9. The van der Waals surface area contributed by atoms with Crippen LogP contribution in [-0.4, -0.2) is 12.0 Å². The fourth-order valence-corrected chi connectivity index (χ4v) is 2.66. The molecule has 1 unspecified atom stereocenters. The third-order valence-electron chi connectivity index (χ3n) is 3.40. The summed E-state index contributed by atoms with van der Waals surface area (Å²) >= 11 is 12.0. The number of rotatable bonds is 2. The van der Waals surface area contributed by atoms with Gasteiger partial charge >= 0.3 is 0 Å². The number of nitrogens with zero attached hydrogens (tertiary/aromatic N) is 1. The number of fused-ring (bicyclic) bond motifs is 1. The summed E-state index contributed by atoms with van der Waals surface area (Å²) in [5.74, 6) is 0.643. The zero-order valence-electron chi connectivity index (χ0n) is 11.3. The van der Waals surface area contributed by atoms with Crippen molar-refractivity contribution in [1.82, 2.24) is 0 Å². The first-order chi connectivity index (χ1) is 10.1. The molecular formula is C16H13Cl2NO2. The summed E-state index contributed by atoms with van der Waals surface area (Å²) in [5.41, 5.74) is 1.69. The lowest BCUT2D eigenvalue weighted by Gasteiger charge is -2.33. The molecule has 0 spiro atoms. The molecule has 1 heterocycles. The molecule has 1 atom stereocenters. The van der Waals surface area contributed by atoms with Crippen LogP contribution in [0.4, 0.5) is 5.69 Å². The van der Waals surface area contributed by atoms with Gasteiger partial charge in [-0.1, -0.05) is 41.4 Å². The molecule has 1 amide bonds. The molecule has 0 bridgehead atoms. The highest BCUT2D eigenvalue weighted by atomic mass is 35.5. The molecule has 108 valence electrons. The van der Waals surface area contributed by atoms with Crippen molar-refractivity contribution in [1.29, 1.82) is 0 Å². The molecule has 3 rings (SSSR count). The van der Waals surface area contributed by atoms with Gasteiger partial charge in [-0.15, -0.1) is 0 Å². The Morgan fingerprint density at radius 1 is 1.14 bits per heavy atom. The minimum atomic E-state index is -0.498. The van der Waals surface area contributed by atoms with Crippen LogP contribution in [0.2, 0.25) is 10.0 Å². The Kier molecular flexibility index (Phi) is 3.79. The van der Waals surface area contributed by atoms with E-state index in [1.54, 1.807) is 24.0 Å². The van der Waals surface area contributed by atoms with E-state index in [0.717, 1.165) is 11.3 Å². The molecule has 1 aliphatic rings. The van der Waals surface area contributed by atoms with Gasteiger partial charge in [-0.25, -0.2) is 0 Å². The average molecular weight is 322 g/mol. The van der Waals surface area contributed by atoms with Crippen LogP contribution < -0.4 is 9.64 Å². The first-order valence-electron chi connectivity index (χ1n) is 6.57. The number of para-hydroxylation sites is 2. The molecule has 0 saturated heterocycles. The van der Waals surface area contributed by atoms with Crippen molar-refractivity contribution in [3.05, 3.63) is 58.1 Å². The minimum Gasteiger partial charge on any atom is -0.479 e. The third kappa shape index (κ3) is 2.71. The topological polar surface area (TPSA) is 29.5 Å². The Morgan fingerprint density at radius 3 is 2.67 bits per heavy atom. The standard InChI is InChI=1S/C16H13Cl2NO2/c1-10-16(20)19(14-4-2-3-5-15(14)21-10)9-11-6-7-12(17)13(18)8-11/h2-8,10H,9H2,1H3. The molecule has 5 heteroatoms. The van der Waals surface area contributed by atoms with E-state index in [1.807, 2.05) is 30.3 Å². The molecule has 2 aromatic rings. The Hall–Kier alpha value is -1.71. The number of hydrogen-bond acceptors (Lipinski definition) is 2. The number of amides is 1. The Labute approximate surface area is 133 Å². The molecule has 0 fully saturated rings. The fraction of sp³-hybridized carbons (Fsp3) is 0.188. The van der Waals surface area contributed by atoms with E-state index in [2.05, 4.69) is 0 Å². The van der Waals surface area contributed by atoms with Gasteiger partial charge in [0.1, 0.15) is 5.75 Å². The van der Waals surface area contributed by atoms with Crippen LogP contribution >= 0.6 is 23.2 Å². The molecule has 21 heavy (non-hydrogen) atoms. The molecule has 1 aliphatic heterocycles. The molecule has 0 saturated carbocycles. The maximum absolute atomic E-state index is 12.4. The van der Waals surface area contributed by atoms with Gasteiger partial charge in [-0.3, -0.25) is 4.79 Å². The SMILES string of the molecule is CC1Oc2ccccc2N(Cc2ccc(Cl)c(Cl)c2)C1=O. The van der Waals surface area contributed by atoms with Gasteiger partial charge < -0.3 is 9.64 Å². The molecule has 0 aliphatic carbocycles. The van der Waals surface area contributed by atoms with E-state index >= 15 is 0 Å². The second-order valence-corrected chi connectivity index (χ2v) is 5.72. The quantitative estimate of drug-likeness (QED) is 0.825. The molecule has 0 aromatic heterocycles. The van der Waals surface area contributed by atoms with E-state index in [-0.39, 0.29) is 5.91 Å². The Morgan fingerprint density at radius 2 is 1.90 bits per heavy atom. The van der Waals surface area contributed by atoms with Gasteiger partial charge in [-0.2, -0.15) is 0 Å². The van der Waals surface area contributed by atoms with E-state index < -0.39 is 6.10 Å². The van der Waals surface area contributed by atoms with Crippen molar-refractivity contribution in [2.45, 2.75) is 19.6 Å². The highest BCUT2D eigenvalue weighted by molar-refractivity contribution is 6.42. The number of hydrogen-bond donors (Lipinski definition) is 0. The van der Waals surface area contributed by atoms with E-state index in [0.29, 0.717) is 22.3 Å². The summed E-state index contributed by atoms with van der Waals surface area (Å²) in [7, 11) is 0. The zero-order chi connectivity index (χ0) is 15.0. The number of anilines is 1. The van der Waals surface area contributed by atoms with Crippen molar-refractivity contribution >= 4 is 34.8 Å². The molecule has 2 aromatic carbocycles. The highest BCUT2D eigenvalue weighted by Crippen LogP contribution is 2.35. The molecule has 0 N–H and O–H groups in total. The van der Waals surface area contributed by atoms with Crippen LogP contribution in [0.25, 0.3) is 0 Å². The van der Waals surface area contributed by atoms with Gasteiger partial charge in [0.15, 0.2) is 6.10 Å². The lowest BCUT2D eigenvalue weighted by molar-refractivity contribution is -0.125. The maximum Gasteiger partial charge on any atom is 0.268 e. The number of halogens is 2. The van der Waals surface area contributed by atoms with E-state index in [9.17, 15) is 4.79 Å². The van der Waals surface area contributed by atoms with Gasteiger partial charge in [-0.05, 0) is 36.8 Å². The van der Waals surface area contributed by atoms with Gasteiger partial charge in [0.05, 0.1) is 22.3 Å². The second kappa shape index (κ2) is 5.58. The predicted molar refractivity (Wildman–Crippen MR) is 84.2 cm³/mol. The first-order valence-corrected chi connectivity index (χ1v) is 7.33. The summed E-state index contributed by atoms with van der Waals surface area (Å²) in [5, 5.41) is 0.985. The molecule has 0 radical (unpaired) electrons. The number of ether oxygens (including phenoxy) is 1.